The third-order valence-electron chi connectivity index (χ3n) is 3.04. The summed E-state index contributed by atoms with van der Waals surface area (Å²) in [5.41, 5.74) is 2.07. The molecule has 6 heteroatoms. The van der Waals surface area contributed by atoms with Crippen molar-refractivity contribution in [2.45, 2.75) is 0 Å². The standard InChI is InChI=1S/C16H10Cl2N2O2/c17-11-6-7-14(13(18)8-11)19-16(21)12-9-22-20-15(12)10-4-2-1-3-5-10/h1-9H,(H,19,21). The summed E-state index contributed by atoms with van der Waals surface area (Å²) in [7, 11) is 0. The number of carbonyl (C=O) groups is 1. The molecule has 1 aromatic heterocycles. The van der Waals surface area contributed by atoms with Crippen LogP contribution in [-0.2, 0) is 0 Å². The Bertz CT molecular complexity index is 816. The van der Waals surface area contributed by atoms with Crippen LogP contribution in [0.4, 0.5) is 5.69 Å². The molecule has 0 radical (unpaired) electrons. The lowest BCUT2D eigenvalue weighted by molar-refractivity contribution is 0.102. The highest BCUT2D eigenvalue weighted by atomic mass is 35.5. The fourth-order valence-corrected chi connectivity index (χ4v) is 2.44. The predicted molar refractivity (Wildman–Crippen MR) is 86.4 cm³/mol. The lowest BCUT2D eigenvalue weighted by atomic mass is 10.1. The van der Waals surface area contributed by atoms with Crippen molar-refractivity contribution >= 4 is 34.8 Å². The van der Waals surface area contributed by atoms with Crippen molar-refractivity contribution < 1.29 is 9.32 Å². The van der Waals surface area contributed by atoms with Crippen molar-refractivity contribution in [3.05, 3.63) is 70.4 Å². The van der Waals surface area contributed by atoms with Crippen LogP contribution < -0.4 is 5.32 Å². The minimum Gasteiger partial charge on any atom is -0.363 e. The lowest BCUT2D eigenvalue weighted by Gasteiger charge is -2.07. The molecule has 2 aromatic carbocycles. The van der Waals surface area contributed by atoms with Gasteiger partial charge in [0.2, 0.25) is 0 Å². The lowest BCUT2D eigenvalue weighted by Crippen LogP contribution is -2.12. The molecule has 0 saturated carbocycles. The van der Waals surface area contributed by atoms with Crippen molar-refractivity contribution in [1.82, 2.24) is 5.16 Å². The van der Waals surface area contributed by atoms with E-state index in [4.69, 9.17) is 27.7 Å². The highest BCUT2D eigenvalue weighted by Crippen LogP contribution is 2.27. The summed E-state index contributed by atoms with van der Waals surface area (Å²) in [6, 6.07) is 14.2. The first-order valence-corrected chi connectivity index (χ1v) is 7.17. The molecular formula is C16H10Cl2N2O2. The van der Waals surface area contributed by atoms with Gasteiger partial charge in [0.05, 0.1) is 10.7 Å². The van der Waals surface area contributed by atoms with Gasteiger partial charge < -0.3 is 9.84 Å². The molecule has 3 aromatic rings. The average Bonchev–Trinajstić information content (AvgIpc) is 3.00. The molecule has 4 nitrogen and oxygen atoms in total. The van der Waals surface area contributed by atoms with E-state index in [0.717, 1.165) is 5.56 Å². The number of rotatable bonds is 3. The number of carbonyl (C=O) groups excluding carboxylic acids is 1. The maximum Gasteiger partial charge on any atom is 0.261 e. The number of nitrogens with zero attached hydrogens (tertiary/aromatic N) is 1. The minimum atomic E-state index is -0.357. The van der Waals surface area contributed by atoms with Crippen LogP contribution >= 0.6 is 23.2 Å². The van der Waals surface area contributed by atoms with Gasteiger partial charge in [0.1, 0.15) is 17.5 Å². The van der Waals surface area contributed by atoms with E-state index in [1.165, 1.54) is 6.26 Å². The number of hydrogen-bond donors (Lipinski definition) is 1. The van der Waals surface area contributed by atoms with E-state index in [2.05, 4.69) is 10.5 Å². The number of hydrogen-bond acceptors (Lipinski definition) is 3. The zero-order valence-corrected chi connectivity index (χ0v) is 12.7. The van der Waals surface area contributed by atoms with E-state index < -0.39 is 0 Å². The van der Waals surface area contributed by atoms with Crippen LogP contribution in [0.15, 0.2) is 59.3 Å². The molecule has 1 heterocycles. The first-order chi connectivity index (χ1) is 10.6. The molecule has 0 atom stereocenters. The van der Waals surface area contributed by atoms with Gasteiger partial charge in [0.25, 0.3) is 5.91 Å². The third kappa shape index (κ3) is 2.98. The first kappa shape index (κ1) is 14.6. The summed E-state index contributed by atoms with van der Waals surface area (Å²) in [5, 5.41) is 7.47. The Balaban J connectivity index is 1.89. The molecular weight excluding hydrogens is 323 g/mol. The molecule has 0 saturated heterocycles. The van der Waals surface area contributed by atoms with Crippen LogP contribution in [0.5, 0.6) is 0 Å². The van der Waals surface area contributed by atoms with Gasteiger partial charge in [-0.05, 0) is 18.2 Å². The van der Waals surface area contributed by atoms with E-state index in [1.807, 2.05) is 30.3 Å². The van der Waals surface area contributed by atoms with Crippen molar-refractivity contribution in [3.63, 3.8) is 0 Å². The molecule has 1 amide bonds. The van der Waals surface area contributed by atoms with Gasteiger partial charge in [-0.1, -0.05) is 58.7 Å². The van der Waals surface area contributed by atoms with Crippen LogP contribution in [0.3, 0.4) is 0 Å². The Morgan fingerprint density at radius 1 is 1.09 bits per heavy atom. The maximum absolute atomic E-state index is 12.4. The van der Waals surface area contributed by atoms with Crippen LogP contribution in [0, 0.1) is 0 Å². The Hall–Kier alpha value is -2.30. The van der Waals surface area contributed by atoms with Crippen LogP contribution in [0.2, 0.25) is 10.0 Å². The summed E-state index contributed by atoms with van der Waals surface area (Å²) in [4.78, 5) is 12.4. The van der Waals surface area contributed by atoms with Gasteiger partial charge in [-0.2, -0.15) is 0 Å². The van der Waals surface area contributed by atoms with Gasteiger partial charge in [-0.3, -0.25) is 4.79 Å². The molecule has 22 heavy (non-hydrogen) atoms. The van der Waals surface area contributed by atoms with Crippen LogP contribution in [-0.4, -0.2) is 11.1 Å². The second kappa shape index (κ2) is 6.22. The van der Waals surface area contributed by atoms with E-state index >= 15 is 0 Å². The topological polar surface area (TPSA) is 55.1 Å². The number of aromatic nitrogens is 1. The third-order valence-corrected chi connectivity index (χ3v) is 3.59. The number of halogens is 2. The van der Waals surface area contributed by atoms with Gasteiger partial charge in [0, 0.05) is 10.6 Å². The highest BCUT2D eigenvalue weighted by molar-refractivity contribution is 6.36. The largest absolute Gasteiger partial charge is 0.363 e. The molecule has 0 unspecified atom stereocenters. The predicted octanol–water partition coefficient (Wildman–Crippen LogP) is 4.90. The smallest absolute Gasteiger partial charge is 0.261 e. The summed E-state index contributed by atoms with van der Waals surface area (Å²) in [6.45, 7) is 0. The SMILES string of the molecule is O=C(Nc1ccc(Cl)cc1Cl)c1conc1-c1ccccc1. The fraction of sp³-hybridized carbons (Fsp3) is 0. The van der Waals surface area contributed by atoms with Gasteiger partial charge in [0.15, 0.2) is 0 Å². The maximum atomic E-state index is 12.4. The Morgan fingerprint density at radius 2 is 1.86 bits per heavy atom. The zero-order chi connectivity index (χ0) is 15.5. The molecule has 0 aliphatic heterocycles. The summed E-state index contributed by atoms with van der Waals surface area (Å²) in [5.74, 6) is -0.357. The van der Waals surface area contributed by atoms with Crippen molar-refractivity contribution in [1.29, 1.82) is 0 Å². The molecule has 0 aliphatic carbocycles. The molecule has 110 valence electrons. The van der Waals surface area contributed by atoms with Crippen LogP contribution in [0.25, 0.3) is 11.3 Å². The van der Waals surface area contributed by atoms with E-state index in [1.54, 1.807) is 18.2 Å². The Labute approximate surface area is 136 Å². The van der Waals surface area contributed by atoms with Gasteiger partial charge >= 0.3 is 0 Å². The van der Waals surface area contributed by atoms with Crippen molar-refractivity contribution in [3.8, 4) is 11.3 Å². The van der Waals surface area contributed by atoms with E-state index in [9.17, 15) is 4.79 Å². The summed E-state index contributed by atoms with van der Waals surface area (Å²) in [6.07, 6.45) is 1.31. The molecule has 0 fully saturated rings. The minimum absolute atomic E-state index is 0.331. The highest BCUT2D eigenvalue weighted by Gasteiger charge is 2.18. The van der Waals surface area contributed by atoms with E-state index in [0.29, 0.717) is 27.0 Å². The second-order valence-corrected chi connectivity index (χ2v) is 5.36. The fourth-order valence-electron chi connectivity index (χ4n) is 1.98. The summed E-state index contributed by atoms with van der Waals surface area (Å²) >= 11 is 11.9. The number of amides is 1. The number of nitrogens with one attached hydrogen (secondary N) is 1. The number of anilines is 1. The van der Waals surface area contributed by atoms with Crippen molar-refractivity contribution in [2.75, 3.05) is 5.32 Å². The molecule has 0 aliphatic rings. The number of benzene rings is 2. The molecule has 3 rings (SSSR count). The molecule has 0 bridgehead atoms. The van der Waals surface area contributed by atoms with E-state index in [-0.39, 0.29) is 5.91 Å². The Kier molecular flexibility index (Phi) is 4.13. The Morgan fingerprint density at radius 3 is 2.59 bits per heavy atom. The monoisotopic (exact) mass is 332 g/mol. The second-order valence-electron chi connectivity index (χ2n) is 4.52. The normalized spacial score (nSPS) is 10.5. The van der Waals surface area contributed by atoms with Crippen LogP contribution in [0.1, 0.15) is 10.4 Å². The average molecular weight is 333 g/mol. The van der Waals surface area contributed by atoms with Gasteiger partial charge in [-0.15, -0.1) is 0 Å². The van der Waals surface area contributed by atoms with Crippen molar-refractivity contribution in [2.24, 2.45) is 0 Å². The first-order valence-electron chi connectivity index (χ1n) is 6.41. The zero-order valence-electron chi connectivity index (χ0n) is 11.2. The quantitative estimate of drug-likeness (QED) is 0.742. The van der Waals surface area contributed by atoms with Gasteiger partial charge in [-0.25, -0.2) is 0 Å². The molecule has 1 N–H and O–H groups in total. The molecule has 0 spiro atoms. The summed E-state index contributed by atoms with van der Waals surface area (Å²) < 4.78 is 4.94.